The number of ether oxygens (including phenoxy) is 2. The normalized spacial score (nSPS) is 15.0. The van der Waals surface area contributed by atoms with Crippen LogP contribution < -0.4 is 19.7 Å². The summed E-state index contributed by atoms with van der Waals surface area (Å²) in [7, 11) is 0. The molecule has 0 saturated carbocycles. The maximum atomic E-state index is 13.0. The number of aliphatic carboxylic acids is 1. The van der Waals surface area contributed by atoms with Gasteiger partial charge in [-0.05, 0) is 49.8 Å². The number of nitrogens with one attached hydrogen (secondary N) is 1. The number of halogens is 1. The predicted octanol–water partition coefficient (Wildman–Crippen LogP) is 3.18. The maximum absolute atomic E-state index is 13.0. The zero-order valence-corrected chi connectivity index (χ0v) is 17.9. The van der Waals surface area contributed by atoms with Gasteiger partial charge in [0, 0.05) is 0 Å². The summed E-state index contributed by atoms with van der Waals surface area (Å²) in [6.45, 7) is 3.17. The fourth-order valence-corrected chi connectivity index (χ4v) is 3.23. The second kappa shape index (κ2) is 9.52. The van der Waals surface area contributed by atoms with E-state index in [1.54, 1.807) is 31.2 Å². The molecule has 1 heterocycles. The van der Waals surface area contributed by atoms with Gasteiger partial charge >= 0.3 is 12.0 Å². The van der Waals surface area contributed by atoms with E-state index in [0.717, 1.165) is 10.5 Å². The molecule has 0 spiro atoms. The lowest BCUT2D eigenvalue weighted by Gasteiger charge is -2.26. The summed E-state index contributed by atoms with van der Waals surface area (Å²) in [5.41, 5.74) is 1.27. The maximum Gasteiger partial charge on any atom is 0.341 e. The van der Waals surface area contributed by atoms with E-state index in [1.165, 1.54) is 18.2 Å². The lowest BCUT2D eigenvalue weighted by Crippen LogP contribution is -2.54. The highest BCUT2D eigenvalue weighted by Gasteiger charge is 2.36. The highest BCUT2D eigenvalue weighted by atomic mass is 35.5. The number of aryl methyl sites for hydroxylation is 1. The van der Waals surface area contributed by atoms with Gasteiger partial charge in [-0.1, -0.05) is 29.3 Å². The minimum Gasteiger partial charge on any atom is -0.490 e. The van der Waals surface area contributed by atoms with Gasteiger partial charge in [0.15, 0.2) is 18.1 Å². The summed E-state index contributed by atoms with van der Waals surface area (Å²) in [5.74, 6) is -2.69. The van der Waals surface area contributed by atoms with Crippen LogP contribution in [0.25, 0.3) is 6.08 Å². The van der Waals surface area contributed by atoms with Crippen molar-refractivity contribution in [2.45, 2.75) is 13.8 Å². The Balaban J connectivity index is 2.00. The molecular formula is C22H19ClN2O7. The van der Waals surface area contributed by atoms with E-state index in [-0.39, 0.29) is 28.7 Å². The Morgan fingerprint density at radius 2 is 1.84 bits per heavy atom. The van der Waals surface area contributed by atoms with Crippen molar-refractivity contribution in [3.05, 3.63) is 58.1 Å². The van der Waals surface area contributed by atoms with E-state index >= 15 is 0 Å². The molecule has 0 atom stereocenters. The van der Waals surface area contributed by atoms with Crippen LogP contribution in [0.5, 0.6) is 11.5 Å². The molecule has 0 aliphatic carbocycles. The standard InChI is InChI=1S/C22H19ClN2O7/c1-3-31-17-10-13(9-16(23)19(17)32-11-18(26)27)8-15-20(28)24-22(30)25(21(15)29)14-6-4-12(2)5-7-14/h4-10H,3,11H2,1-2H3,(H,26,27)(H,24,28,30)/b15-8+. The number of nitrogens with zero attached hydrogens (tertiary/aromatic N) is 1. The van der Waals surface area contributed by atoms with E-state index in [4.69, 9.17) is 26.2 Å². The van der Waals surface area contributed by atoms with Crippen LogP contribution in [0.1, 0.15) is 18.1 Å². The van der Waals surface area contributed by atoms with Crippen LogP contribution in [0, 0.1) is 6.92 Å². The summed E-state index contributed by atoms with van der Waals surface area (Å²) in [4.78, 5) is 49.4. The zero-order valence-electron chi connectivity index (χ0n) is 17.2. The summed E-state index contributed by atoms with van der Waals surface area (Å²) >= 11 is 6.23. The molecule has 3 rings (SSSR count). The molecule has 166 valence electrons. The number of hydrogen-bond donors (Lipinski definition) is 2. The fraction of sp³-hybridized carbons (Fsp3) is 0.182. The average Bonchev–Trinajstić information content (AvgIpc) is 2.72. The SMILES string of the molecule is CCOc1cc(/C=C2\C(=O)NC(=O)N(c3ccc(C)cc3)C2=O)cc(Cl)c1OCC(=O)O. The fourth-order valence-electron chi connectivity index (χ4n) is 2.96. The summed E-state index contributed by atoms with van der Waals surface area (Å²) in [6, 6.07) is 8.65. The van der Waals surface area contributed by atoms with E-state index in [0.29, 0.717) is 11.3 Å². The third-order valence-corrected chi connectivity index (χ3v) is 4.66. The van der Waals surface area contributed by atoms with Crippen molar-refractivity contribution in [1.29, 1.82) is 0 Å². The Kier molecular flexibility index (Phi) is 6.79. The Bertz CT molecular complexity index is 1130. The Hall–Kier alpha value is -3.85. The van der Waals surface area contributed by atoms with Gasteiger partial charge in [0.1, 0.15) is 5.57 Å². The summed E-state index contributed by atoms with van der Waals surface area (Å²) in [6.07, 6.45) is 1.26. The van der Waals surface area contributed by atoms with Gasteiger partial charge in [-0.25, -0.2) is 14.5 Å². The van der Waals surface area contributed by atoms with Crippen LogP contribution in [0.2, 0.25) is 5.02 Å². The van der Waals surface area contributed by atoms with Gasteiger partial charge in [-0.15, -0.1) is 0 Å². The van der Waals surface area contributed by atoms with Crippen LogP contribution in [0.15, 0.2) is 42.0 Å². The molecular weight excluding hydrogens is 440 g/mol. The number of rotatable bonds is 7. The van der Waals surface area contributed by atoms with Crippen LogP contribution in [0.3, 0.4) is 0 Å². The molecule has 0 aromatic heterocycles. The van der Waals surface area contributed by atoms with Gasteiger partial charge in [0.2, 0.25) is 0 Å². The number of amides is 4. The molecule has 2 N–H and O–H groups in total. The molecule has 1 saturated heterocycles. The first kappa shape index (κ1) is 22.8. The molecule has 10 heteroatoms. The van der Waals surface area contributed by atoms with Crippen molar-refractivity contribution >= 4 is 47.2 Å². The molecule has 2 aromatic rings. The number of urea groups is 1. The zero-order chi connectivity index (χ0) is 23.4. The Morgan fingerprint density at radius 1 is 1.16 bits per heavy atom. The Morgan fingerprint density at radius 3 is 2.47 bits per heavy atom. The van der Waals surface area contributed by atoms with Crippen molar-refractivity contribution in [2.75, 3.05) is 18.1 Å². The first-order valence-corrected chi connectivity index (χ1v) is 9.88. The van der Waals surface area contributed by atoms with E-state index in [2.05, 4.69) is 5.32 Å². The first-order valence-electron chi connectivity index (χ1n) is 9.50. The van der Waals surface area contributed by atoms with Gasteiger partial charge < -0.3 is 14.6 Å². The quantitative estimate of drug-likeness (QED) is 0.482. The molecule has 1 aliphatic rings. The van der Waals surface area contributed by atoms with Crippen molar-refractivity contribution in [1.82, 2.24) is 5.32 Å². The van der Waals surface area contributed by atoms with Gasteiger partial charge in [-0.2, -0.15) is 0 Å². The molecule has 32 heavy (non-hydrogen) atoms. The number of carbonyl (C=O) groups is 4. The lowest BCUT2D eigenvalue weighted by atomic mass is 10.1. The van der Waals surface area contributed by atoms with E-state index < -0.39 is 30.4 Å². The van der Waals surface area contributed by atoms with Crippen LogP contribution in [-0.2, 0) is 14.4 Å². The highest BCUT2D eigenvalue weighted by Crippen LogP contribution is 2.37. The molecule has 0 radical (unpaired) electrons. The number of imide groups is 2. The monoisotopic (exact) mass is 458 g/mol. The number of barbiturate groups is 1. The molecule has 2 aromatic carbocycles. The van der Waals surface area contributed by atoms with Crippen LogP contribution in [0.4, 0.5) is 10.5 Å². The van der Waals surface area contributed by atoms with Crippen molar-refractivity contribution in [3.63, 3.8) is 0 Å². The smallest absolute Gasteiger partial charge is 0.341 e. The number of benzene rings is 2. The number of carboxylic acid groups (broad SMARTS) is 1. The minimum absolute atomic E-state index is 0.0222. The third-order valence-electron chi connectivity index (χ3n) is 4.38. The second-order valence-electron chi connectivity index (χ2n) is 6.74. The van der Waals surface area contributed by atoms with Gasteiger partial charge in [0.05, 0.1) is 17.3 Å². The minimum atomic E-state index is -1.19. The van der Waals surface area contributed by atoms with Crippen molar-refractivity contribution in [2.24, 2.45) is 0 Å². The third kappa shape index (κ3) is 4.89. The summed E-state index contributed by atoms with van der Waals surface area (Å²) < 4.78 is 10.7. The first-order chi connectivity index (χ1) is 15.2. The van der Waals surface area contributed by atoms with Crippen LogP contribution >= 0.6 is 11.6 Å². The molecule has 0 bridgehead atoms. The predicted molar refractivity (Wildman–Crippen MR) is 116 cm³/mol. The molecule has 4 amide bonds. The number of carboxylic acids is 1. The summed E-state index contributed by atoms with van der Waals surface area (Å²) in [5, 5.41) is 11.0. The topological polar surface area (TPSA) is 122 Å². The largest absolute Gasteiger partial charge is 0.490 e. The van der Waals surface area contributed by atoms with Crippen molar-refractivity contribution < 1.29 is 33.8 Å². The highest BCUT2D eigenvalue weighted by molar-refractivity contribution is 6.39. The number of hydrogen-bond acceptors (Lipinski definition) is 6. The Labute approximate surface area is 188 Å². The number of anilines is 1. The second-order valence-corrected chi connectivity index (χ2v) is 7.15. The lowest BCUT2D eigenvalue weighted by molar-refractivity contribution is -0.139. The van der Waals surface area contributed by atoms with E-state index in [9.17, 15) is 19.2 Å². The average molecular weight is 459 g/mol. The number of carbonyl (C=O) groups excluding carboxylic acids is 3. The molecule has 1 aliphatic heterocycles. The van der Waals surface area contributed by atoms with Gasteiger partial charge in [-0.3, -0.25) is 14.9 Å². The molecule has 9 nitrogen and oxygen atoms in total. The van der Waals surface area contributed by atoms with Crippen LogP contribution in [-0.4, -0.2) is 42.1 Å². The van der Waals surface area contributed by atoms with E-state index in [1.807, 2.05) is 6.92 Å². The molecule has 0 unspecified atom stereocenters. The van der Waals surface area contributed by atoms with Crippen molar-refractivity contribution in [3.8, 4) is 11.5 Å². The van der Waals surface area contributed by atoms with Gasteiger partial charge in [0.25, 0.3) is 11.8 Å². The molecule has 1 fully saturated rings.